The molecule has 0 spiro atoms. The van der Waals surface area contributed by atoms with Gasteiger partial charge in [0.25, 0.3) is 5.56 Å². The largest absolute Gasteiger partial charge is 0.390 e. The Kier molecular flexibility index (Phi) is 7.11. The molecule has 0 unspecified atom stereocenters. The highest BCUT2D eigenvalue weighted by Gasteiger charge is 2.30. The Hall–Kier alpha value is -3.73. The summed E-state index contributed by atoms with van der Waals surface area (Å²) in [6, 6.07) is 11.4. The van der Waals surface area contributed by atoms with Crippen molar-refractivity contribution in [3.05, 3.63) is 63.8 Å². The van der Waals surface area contributed by atoms with E-state index in [2.05, 4.69) is 32.2 Å². The van der Waals surface area contributed by atoms with Crippen LogP contribution in [0.3, 0.4) is 0 Å². The van der Waals surface area contributed by atoms with Crippen molar-refractivity contribution in [3.63, 3.8) is 0 Å². The van der Waals surface area contributed by atoms with E-state index in [1.165, 1.54) is 0 Å². The van der Waals surface area contributed by atoms with Crippen molar-refractivity contribution < 1.29 is 4.84 Å². The molecule has 0 N–H and O–H groups in total. The first-order chi connectivity index (χ1) is 17.1. The predicted octanol–water partition coefficient (Wildman–Crippen LogP) is 4.72. The van der Waals surface area contributed by atoms with Crippen LogP contribution in [0.25, 0.3) is 11.0 Å². The Morgan fingerprint density at radius 1 is 1.22 bits per heavy atom. The minimum Gasteiger partial charge on any atom is -0.390 e. The van der Waals surface area contributed by atoms with E-state index in [0.29, 0.717) is 11.2 Å². The molecule has 1 saturated carbocycles. The zero-order valence-electron chi connectivity index (χ0n) is 21.9. The summed E-state index contributed by atoms with van der Waals surface area (Å²) in [5.74, 6) is 0.253. The van der Waals surface area contributed by atoms with Gasteiger partial charge in [0.05, 0.1) is 16.9 Å². The van der Waals surface area contributed by atoms with Crippen LogP contribution in [-0.4, -0.2) is 38.9 Å². The highest BCUT2D eigenvalue weighted by molar-refractivity contribution is 6.02. The average molecular weight is 487 g/mol. The summed E-state index contributed by atoms with van der Waals surface area (Å²) in [5.41, 5.74) is 4.96. The van der Waals surface area contributed by atoms with Gasteiger partial charge in [0.1, 0.15) is 22.9 Å². The molecule has 0 aromatic carbocycles. The minimum atomic E-state index is -0.380. The van der Waals surface area contributed by atoms with Crippen LogP contribution in [0, 0.1) is 24.2 Å². The summed E-state index contributed by atoms with van der Waals surface area (Å²) in [5, 5.41) is 14.0. The summed E-state index contributed by atoms with van der Waals surface area (Å²) in [7, 11) is 3.75. The molecule has 36 heavy (non-hydrogen) atoms. The van der Waals surface area contributed by atoms with Crippen LogP contribution in [0.1, 0.15) is 63.4 Å². The molecule has 1 fully saturated rings. The van der Waals surface area contributed by atoms with E-state index in [-0.39, 0.29) is 23.1 Å². The molecule has 0 aliphatic heterocycles. The molecule has 8 heteroatoms. The number of aryl methyl sites for hydroxylation is 2. The van der Waals surface area contributed by atoms with Crippen molar-refractivity contribution in [2.24, 2.45) is 18.1 Å². The number of hydrogen-bond donors (Lipinski definition) is 0. The Morgan fingerprint density at radius 2 is 1.94 bits per heavy atom. The standard InChI is InChI=1S/C28H34N6O2/c1-18-22(8-7-15-30-18)26(32-36-28(2,3)4)19-9-12-21(13-10-19)33(5)24-16-25(35)34(6)23-14-11-20(17-29)31-27(23)24/h7-8,11,14-16,19,21H,9-10,12-13H2,1-6H3/b32-26+. The molecule has 1 aliphatic carbocycles. The second kappa shape index (κ2) is 10.1. The highest BCUT2D eigenvalue weighted by Crippen LogP contribution is 2.34. The van der Waals surface area contributed by atoms with E-state index in [4.69, 9.17) is 4.84 Å². The van der Waals surface area contributed by atoms with Gasteiger partial charge >= 0.3 is 0 Å². The molecular weight excluding hydrogens is 452 g/mol. The molecule has 188 valence electrons. The van der Waals surface area contributed by atoms with Crippen LogP contribution in [0.4, 0.5) is 5.69 Å². The number of hydrogen-bond acceptors (Lipinski definition) is 7. The molecule has 4 rings (SSSR count). The van der Waals surface area contributed by atoms with Gasteiger partial charge in [-0.05, 0) is 77.6 Å². The number of fused-ring (bicyclic) bond motifs is 1. The van der Waals surface area contributed by atoms with Crippen molar-refractivity contribution in [1.82, 2.24) is 14.5 Å². The van der Waals surface area contributed by atoms with Gasteiger partial charge < -0.3 is 14.3 Å². The van der Waals surface area contributed by atoms with Gasteiger partial charge in [-0.3, -0.25) is 9.78 Å². The maximum atomic E-state index is 12.7. The van der Waals surface area contributed by atoms with E-state index in [1.54, 1.807) is 36.0 Å². The lowest BCUT2D eigenvalue weighted by Gasteiger charge is -2.36. The van der Waals surface area contributed by atoms with E-state index in [0.717, 1.165) is 53.9 Å². The Balaban J connectivity index is 1.60. The van der Waals surface area contributed by atoms with Gasteiger partial charge in [-0.2, -0.15) is 5.26 Å². The summed E-state index contributed by atoms with van der Waals surface area (Å²) in [6.07, 6.45) is 5.55. The zero-order valence-corrected chi connectivity index (χ0v) is 21.9. The smallest absolute Gasteiger partial charge is 0.252 e. The molecule has 3 aromatic heterocycles. The third kappa shape index (κ3) is 5.25. The Labute approximate surface area is 212 Å². The molecule has 3 aromatic rings. The fourth-order valence-electron chi connectivity index (χ4n) is 4.86. The van der Waals surface area contributed by atoms with Crippen molar-refractivity contribution in [2.45, 2.75) is 65.0 Å². The van der Waals surface area contributed by atoms with Gasteiger partial charge in [0.2, 0.25) is 0 Å². The van der Waals surface area contributed by atoms with Gasteiger partial charge in [-0.15, -0.1) is 0 Å². The molecule has 1 aliphatic rings. The van der Waals surface area contributed by atoms with Crippen molar-refractivity contribution in [1.29, 1.82) is 5.26 Å². The first kappa shape index (κ1) is 25.4. The fraction of sp³-hybridized carbons (Fsp3) is 0.464. The number of nitriles is 1. The quantitative estimate of drug-likeness (QED) is 0.382. The molecule has 0 atom stereocenters. The van der Waals surface area contributed by atoms with Crippen molar-refractivity contribution >= 4 is 22.4 Å². The normalized spacial score (nSPS) is 18.6. The maximum Gasteiger partial charge on any atom is 0.252 e. The van der Waals surface area contributed by atoms with Gasteiger partial charge in [0.15, 0.2) is 0 Å². The van der Waals surface area contributed by atoms with Crippen LogP contribution in [0.2, 0.25) is 0 Å². The molecular formula is C28H34N6O2. The molecule has 0 amide bonds. The summed E-state index contributed by atoms with van der Waals surface area (Å²) in [6.45, 7) is 7.99. The third-order valence-electron chi connectivity index (χ3n) is 6.90. The van der Waals surface area contributed by atoms with Gasteiger partial charge in [-0.25, -0.2) is 4.98 Å². The van der Waals surface area contributed by atoms with Crippen LogP contribution in [0.15, 0.2) is 46.5 Å². The monoisotopic (exact) mass is 486 g/mol. The lowest BCUT2D eigenvalue weighted by Crippen LogP contribution is -2.38. The zero-order chi connectivity index (χ0) is 26.0. The van der Waals surface area contributed by atoms with Crippen LogP contribution >= 0.6 is 0 Å². The Morgan fingerprint density at radius 3 is 2.58 bits per heavy atom. The van der Waals surface area contributed by atoms with E-state index in [1.807, 2.05) is 40.8 Å². The second-order valence-corrected chi connectivity index (χ2v) is 10.5. The first-order valence-corrected chi connectivity index (χ1v) is 12.4. The predicted molar refractivity (Wildman–Crippen MR) is 142 cm³/mol. The summed E-state index contributed by atoms with van der Waals surface area (Å²) >= 11 is 0. The number of aromatic nitrogens is 3. The summed E-state index contributed by atoms with van der Waals surface area (Å²) < 4.78 is 1.58. The lowest BCUT2D eigenvalue weighted by molar-refractivity contribution is -0.0000418. The van der Waals surface area contributed by atoms with Crippen LogP contribution in [-0.2, 0) is 11.9 Å². The van der Waals surface area contributed by atoms with Crippen molar-refractivity contribution in [2.75, 3.05) is 11.9 Å². The fourth-order valence-corrected chi connectivity index (χ4v) is 4.86. The van der Waals surface area contributed by atoms with Gasteiger partial charge in [0, 0.05) is 49.6 Å². The minimum absolute atomic E-state index is 0.0923. The van der Waals surface area contributed by atoms with E-state index < -0.39 is 0 Å². The molecule has 0 saturated heterocycles. The Bertz CT molecular complexity index is 1390. The average Bonchev–Trinajstić information content (AvgIpc) is 2.86. The molecule has 8 nitrogen and oxygen atoms in total. The highest BCUT2D eigenvalue weighted by atomic mass is 16.6. The van der Waals surface area contributed by atoms with Gasteiger partial charge in [-0.1, -0.05) is 5.16 Å². The van der Waals surface area contributed by atoms with E-state index >= 15 is 0 Å². The number of rotatable bonds is 5. The molecule has 0 bridgehead atoms. The van der Waals surface area contributed by atoms with Crippen LogP contribution in [0.5, 0.6) is 0 Å². The first-order valence-electron chi connectivity index (χ1n) is 12.4. The SMILES string of the molecule is Cc1ncccc1/C(=N/OC(C)(C)C)C1CCC(N(C)c2cc(=O)n(C)c3ccc(C#N)nc23)CC1. The third-order valence-corrected chi connectivity index (χ3v) is 6.90. The number of pyridine rings is 3. The van der Waals surface area contributed by atoms with Crippen LogP contribution < -0.4 is 10.5 Å². The number of anilines is 1. The topological polar surface area (TPSA) is 96.4 Å². The number of nitrogens with zero attached hydrogens (tertiary/aromatic N) is 6. The lowest BCUT2D eigenvalue weighted by atomic mass is 9.80. The number of oxime groups is 1. The van der Waals surface area contributed by atoms with Crippen molar-refractivity contribution in [3.8, 4) is 6.07 Å². The summed E-state index contributed by atoms with van der Waals surface area (Å²) in [4.78, 5) is 29.7. The van der Waals surface area contributed by atoms with E-state index in [9.17, 15) is 10.1 Å². The second-order valence-electron chi connectivity index (χ2n) is 10.5. The molecule has 3 heterocycles. The molecule has 0 radical (unpaired) electrons. The maximum absolute atomic E-state index is 12.7.